The van der Waals surface area contributed by atoms with Gasteiger partial charge in [0.1, 0.15) is 0 Å². The summed E-state index contributed by atoms with van der Waals surface area (Å²) in [5.74, 6) is 0. The number of benzene rings is 4. The first-order valence-corrected chi connectivity index (χ1v) is 15.1. The lowest BCUT2D eigenvalue weighted by Gasteiger charge is -2.32. The molecule has 0 bridgehead atoms. The summed E-state index contributed by atoms with van der Waals surface area (Å²) in [5.41, 5.74) is 12.3. The average Bonchev–Trinajstić information content (AvgIpc) is 2.76. The molecule has 160 valence electrons. The highest BCUT2D eigenvalue weighted by molar-refractivity contribution is 6.89. The lowest BCUT2D eigenvalue weighted by atomic mass is 9.78. The van der Waals surface area contributed by atoms with Gasteiger partial charge in [0.25, 0.3) is 0 Å². The van der Waals surface area contributed by atoms with Gasteiger partial charge in [-0.05, 0) is 55.5 Å². The van der Waals surface area contributed by atoms with Crippen LogP contribution in [0.2, 0.25) is 19.6 Å². The summed E-state index contributed by atoms with van der Waals surface area (Å²) in [5, 5.41) is 1.57. The smallest absolute Gasteiger partial charge is 0.0656 e. The first kappa shape index (κ1) is 21.0. The fourth-order valence-corrected chi connectivity index (χ4v) is 6.98. The van der Waals surface area contributed by atoms with Crippen molar-refractivity contribution in [2.24, 2.45) is 0 Å². The molecule has 0 unspecified atom stereocenters. The van der Waals surface area contributed by atoms with Gasteiger partial charge in [0.15, 0.2) is 0 Å². The maximum absolute atomic E-state index is 2.55. The van der Waals surface area contributed by atoms with Crippen LogP contribution in [0.1, 0.15) is 26.3 Å². The van der Waals surface area contributed by atoms with E-state index in [0.717, 1.165) is 0 Å². The molecule has 0 atom stereocenters. The van der Waals surface area contributed by atoms with E-state index < -0.39 is 8.07 Å². The minimum atomic E-state index is -1.56. The molecule has 1 aliphatic carbocycles. The molecule has 5 rings (SSSR count). The normalized spacial score (nSPS) is 12.7. The third-order valence-electron chi connectivity index (χ3n) is 6.72. The first-order chi connectivity index (χ1) is 15.2. The van der Waals surface area contributed by atoms with Gasteiger partial charge in [-0.3, -0.25) is 0 Å². The Morgan fingerprint density at radius 1 is 0.469 bits per heavy atom. The molecule has 4 aromatic carbocycles. The number of hydrogen-bond acceptors (Lipinski definition) is 0. The quantitative estimate of drug-likeness (QED) is 0.233. The highest BCUT2D eigenvalue weighted by atomic mass is 28.3. The van der Waals surface area contributed by atoms with E-state index in [0.29, 0.717) is 0 Å². The molecule has 0 N–H and O–H groups in total. The van der Waals surface area contributed by atoms with Crippen LogP contribution >= 0.6 is 0 Å². The molecular weight excluding hydrogens is 400 g/mol. The predicted octanol–water partition coefficient (Wildman–Crippen LogP) is 8.51. The molecule has 0 saturated carbocycles. The molecular formula is C31H32Si. The predicted molar refractivity (Wildman–Crippen MR) is 143 cm³/mol. The molecule has 0 amide bonds. The molecule has 0 nitrogen and oxygen atoms in total. The zero-order valence-electron chi connectivity index (χ0n) is 20.1. The Morgan fingerprint density at radius 2 is 0.781 bits per heavy atom. The largest absolute Gasteiger partial charge is 0.0780 e. The van der Waals surface area contributed by atoms with E-state index in [1.54, 1.807) is 5.19 Å². The van der Waals surface area contributed by atoms with Gasteiger partial charge in [0.05, 0.1) is 8.07 Å². The Kier molecular flexibility index (Phi) is 4.80. The van der Waals surface area contributed by atoms with Gasteiger partial charge in [-0.2, -0.15) is 0 Å². The van der Waals surface area contributed by atoms with Crippen molar-refractivity contribution in [1.29, 1.82) is 0 Å². The number of fused-ring (bicyclic) bond motifs is 8. The van der Waals surface area contributed by atoms with E-state index in [1.807, 2.05) is 0 Å². The van der Waals surface area contributed by atoms with E-state index in [9.17, 15) is 0 Å². The Labute approximate surface area is 194 Å². The zero-order valence-corrected chi connectivity index (χ0v) is 21.1. The SMILES string of the molecule is CC(C)(C)c1cc2c(cc1[Si](C)(C)C)-c1ccccc1-c1ccccc1-c1ccccc1-2. The van der Waals surface area contributed by atoms with E-state index in [1.165, 1.54) is 50.1 Å². The Balaban J connectivity index is 1.99. The van der Waals surface area contributed by atoms with Gasteiger partial charge in [0.2, 0.25) is 0 Å². The molecule has 1 aliphatic rings. The van der Waals surface area contributed by atoms with Gasteiger partial charge in [-0.25, -0.2) is 0 Å². The summed E-state index contributed by atoms with van der Waals surface area (Å²) < 4.78 is 0. The van der Waals surface area contributed by atoms with Crippen LogP contribution in [0, 0.1) is 0 Å². The van der Waals surface area contributed by atoms with Crippen LogP contribution in [0.15, 0.2) is 84.9 Å². The van der Waals surface area contributed by atoms with Crippen LogP contribution < -0.4 is 5.19 Å². The van der Waals surface area contributed by atoms with Crippen LogP contribution in [0.5, 0.6) is 0 Å². The number of hydrogen-bond donors (Lipinski definition) is 0. The highest BCUT2D eigenvalue weighted by Gasteiger charge is 2.30. The van der Waals surface area contributed by atoms with Crippen molar-refractivity contribution in [3.63, 3.8) is 0 Å². The lowest BCUT2D eigenvalue weighted by Crippen LogP contribution is -2.43. The molecule has 32 heavy (non-hydrogen) atoms. The van der Waals surface area contributed by atoms with Crippen molar-refractivity contribution < 1.29 is 0 Å². The fraction of sp³-hybridized carbons (Fsp3) is 0.226. The number of rotatable bonds is 1. The van der Waals surface area contributed by atoms with Crippen molar-refractivity contribution in [1.82, 2.24) is 0 Å². The second-order valence-electron chi connectivity index (χ2n) is 11.1. The van der Waals surface area contributed by atoms with E-state index in [4.69, 9.17) is 0 Å². The Hall–Kier alpha value is -2.90. The summed E-state index contributed by atoms with van der Waals surface area (Å²) in [6, 6.07) is 31.8. The maximum Gasteiger partial charge on any atom is 0.0780 e. The first-order valence-electron chi connectivity index (χ1n) is 11.6. The minimum Gasteiger partial charge on any atom is -0.0656 e. The van der Waals surface area contributed by atoms with Gasteiger partial charge in [-0.15, -0.1) is 0 Å². The molecule has 0 radical (unpaired) electrons. The lowest BCUT2D eigenvalue weighted by molar-refractivity contribution is 0.594. The van der Waals surface area contributed by atoms with Crippen LogP contribution in [-0.4, -0.2) is 8.07 Å². The van der Waals surface area contributed by atoms with Gasteiger partial charge >= 0.3 is 0 Å². The molecule has 0 spiro atoms. The molecule has 1 heteroatoms. The molecule has 0 saturated heterocycles. The zero-order chi connectivity index (χ0) is 22.7. The van der Waals surface area contributed by atoms with Crippen molar-refractivity contribution in [2.45, 2.75) is 45.8 Å². The Bertz CT molecular complexity index is 1230. The topological polar surface area (TPSA) is 0 Å². The molecule has 0 fully saturated rings. The molecule has 0 heterocycles. The Morgan fingerprint density at radius 3 is 1.09 bits per heavy atom. The second kappa shape index (κ2) is 7.32. The van der Waals surface area contributed by atoms with E-state index in [-0.39, 0.29) is 5.41 Å². The highest BCUT2D eigenvalue weighted by Crippen LogP contribution is 2.48. The van der Waals surface area contributed by atoms with E-state index in [2.05, 4.69) is 125 Å². The van der Waals surface area contributed by atoms with Crippen molar-refractivity contribution in [2.75, 3.05) is 0 Å². The van der Waals surface area contributed by atoms with Crippen molar-refractivity contribution >= 4 is 13.3 Å². The summed E-state index contributed by atoms with van der Waals surface area (Å²) in [6.07, 6.45) is 0. The fourth-order valence-electron chi connectivity index (χ4n) is 5.14. The average molecular weight is 433 g/mol. The second-order valence-corrected chi connectivity index (χ2v) is 16.1. The monoisotopic (exact) mass is 432 g/mol. The van der Waals surface area contributed by atoms with E-state index >= 15 is 0 Å². The van der Waals surface area contributed by atoms with Crippen LogP contribution in [-0.2, 0) is 5.41 Å². The van der Waals surface area contributed by atoms with Crippen molar-refractivity contribution in [3.05, 3.63) is 90.5 Å². The summed E-state index contributed by atoms with van der Waals surface area (Å²) in [6.45, 7) is 14.5. The third-order valence-corrected chi connectivity index (χ3v) is 8.75. The van der Waals surface area contributed by atoms with Crippen LogP contribution in [0.4, 0.5) is 0 Å². The molecule has 0 aliphatic heterocycles. The molecule has 0 aromatic heterocycles. The molecule has 4 aromatic rings. The standard InChI is InChI=1S/C31H32Si/c1-31(2,3)29-19-27-25-17-11-9-15-23(25)21-13-7-8-14-22(21)24-16-10-12-18-26(24)28(27)20-30(29)32(4,5)6/h7-20H,1-6H3. The maximum atomic E-state index is 2.55. The van der Waals surface area contributed by atoms with Crippen LogP contribution in [0.3, 0.4) is 0 Å². The van der Waals surface area contributed by atoms with Crippen molar-refractivity contribution in [3.8, 4) is 44.5 Å². The van der Waals surface area contributed by atoms with Gasteiger partial charge in [-0.1, -0.05) is 131 Å². The van der Waals surface area contributed by atoms with Gasteiger partial charge < -0.3 is 0 Å². The minimum absolute atomic E-state index is 0.0966. The summed E-state index contributed by atoms with van der Waals surface area (Å²) in [4.78, 5) is 0. The third kappa shape index (κ3) is 3.36. The summed E-state index contributed by atoms with van der Waals surface area (Å²) in [7, 11) is -1.56. The summed E-state index contributed by atoms with van der Waals surface area (Å²) >= 11 is 0. The van der Waals surface area contributed by atoms with Gasteiger partial charge in [0, 0.05) is 0 Å². The van der Waals surface area contributed by atoms with Crippen LogP contribution in [0.25, 0.3) is 44.5 Å².